The molecule has 0 radical (unpaired) electrons. The highest BCUT2D eigenvalue weighted by Crippen LogP contribution is 2.11. The molecule has 86 valence electrons. The molecule has 0 aromatic carbocycles. The zero-order chi connectivity index (χ0) is 11.9. The van der Waals surface area contributed by atoms with Crippen LogP contribution < -0.4 is 0 Å². The van der Waals surface area contributed by atoms with Crippen LogP contribution in [0.15, 0.2) is 29.0 Å². The van der Waals surface area contributed by atoms with E-state index in [0.29, 0.717) is 29.6 Å². The lowest BCUT2D eigenvalue weighted by Crippen LogP contribution is -1.91. The third-order valence-corrected chi connectivity index (χ3v) is 2.80. The van der Waals surface area contributed by atoms with E-state index in [0.717, 1.165) is 5.56 Å². The summed E-state index contributed by atoms with van der Waals surface area (Å²) in [7, 11) is 0. The summed E-state index contributed by atoms with van der Waals surface area (Å²) in [5.74, 6) is 2.23. The van der Waals surface area contributed by atoms with Crippen molar-refractivity contribution in [2.24, 2.45) is 0 Å². The summed E-state index contributed by atoms with van der Waals surface area (Å²) in [5.41, 5.74) is 1.09. The van der Waals surface area contributed by atoms with E-state index >= 15 is 0 Å². The Kier molecular flexibility index (Phi) is 4.11. The molecule has 2 aromatic heterocycles. The minimum Gasteiger partial charge on any atom is -0.338 e. The van der Waals surface area contributed by atoms with Crippen molar-refractivity contribution in [2.75, 3.05) is 5.75 Å². The maximum Gasteiger partial charge on any atom is 0.236 e. The first-order valence-corrected chi connectivity index (χ1v) is 6.19. The van der Waals surface area contributed by atoms with Crippen molar-refractivity contribution in [1.82, 2.24) is 15.1 Å². The van der Waals surface area contributed by atoms with Crippen LogP contribution in [0.2, 0.25) is 0 Å². The van der Waals surface area contributed by atoms with Crippen molar-refractivity contribution in [3.05, 3.63) is 41.8 Å². The Morgan fingerprint density at radius 1 is 1.35 bits per heavy atom. The summed E-state index contributed by atoms with van der Waals surface area (Å²) in [6.45, 7) is 0. The first-order valence-electron chi connectivity index (χ1n) is 5.03. The first kappa shape index (κ1) is 11.6. The van der Waals surface area contributed by atoms with E-state index in [4.69, 9.17) is 9.78 Å². The number of hydrogen-bond acceptors (Lipinski definition) is 6. The van der Waals surface area contributed by atoms with Crippen LogP contribution in [0.1, 0.15) is 17.3 Å². The van der Waals surface area contributed by atoms with Crippen LogP contribution in [0, 0.1) is 11.3 Å². The van der Waals surface area contributed by atoms with Gasteiger partial charge in [-0.1, -0.05) is 5.16 Å². The van der Waals surface area contributed by atoms with Crippen LogP contribution in [0.4, 0.5) is 0 Å². The van der Waals surface area contributed by atoms with Gasteiger partial charge in [0.1, 0.15) is 0 Å². The Bertz CT molecular complexity index is 506. The summed E-state index contributed by atoms with van der Waals surface area (Å²) in [6, 6.07) is 5.89. The lowest BCUT2D eigenvalue weighted by Gasteiger charge is -1.93. The Balaban J connectivity index is 1.93. The third kappa shape index (κ3) is 3.57. The monoisotopic (exact) mass is 246 g/mol. The molecule has 0 fully saturated rings. The summed E-state index contributed by atoms with van der Waals surface area (Å²) in [4.78, 5) is 8.19. The molecule has 2 heterocycles. The molecule has 5 nitrogen and oxygen atoms in total. The van der Waals surface area contributed by atoms with Gasteiger partial charge in [-0.05, 0) is 17.7 Å². The topological polar surface area (TPSA) is 75.6 Å². The van der Waals surface area contributed by atoms with E-state index in [1.54, 1.807) is 12.4 Å². The standard InChI is InChI=1S/C11H10N4OS/c12-3-6-17-8-11-14-10(15-16-11)7-9-1-4-13-5-2-9/h1-2,4-5H,6-8H2. The normalized spacial score (nSPS) is 10.1. The first-order chi connectivity index (χ1) is 8.38. The van der Waals surface area contributed by atoms with E-state index in [9.17, 15) is 0 Å². The molecule has 0 saturated heterocycles. The molecule has 0 aliphatic carbocycles. The van der Waals surface area contributed by atoms with Gasteiger partial charge in [0.05, 0.1) is 17.6 Å². The summed E-state index contributed by atoms with van der Waals surface area (Å²) < 4.78 is 5.08. The number of nitrogens with zero attached hydrogens (tertiary/aromatic N) is 4. The SMILES string of the molecule is N#CCSCc1nc(Cc2ccncc2)no1. The van der Waals surface area contributed by atoms with Gasteiger partial charge >= 0.3 is 0 Å². The number of hydrogen-bond donors (Lipinski definition) is 0. The molecule has 2 aromatic rings. The van der Waals surface area contributed by atoms with E-state index in [-0.39, 0.29) is 0 Å². The lowest BCUT2D eigenvalue weighted by molar-refractivity contribution is 0.386. The Morgan fingerprint density at radius 2 is 2.18 bits per heavy atom. The second-order valence-electron chi connectivity index (χ2n) is 3.29. The summed E-state index contributed by atoms with van der Waals surface area (Å²) >= 11 is 1.46. The number of aromatic nitrogens is 3. The van der Waals surface area contributed by atoms with E-state index in [2.05, 4.69) is 21.2 Å². The average Bonchev–Trinajstić information content (AvgIpc) is 2.79. The van der Waals surface area contributed by atoms with Crippen molar-refractivity contribution < 1.29 is 4.52 Å². The number of thioether (sulfide) groups is 1. The van der Waals surface area contributed by atoms with Crippen molar-refractivity contribution in [2.45, 2.75) is 12.2 Å². The van der Waals surface area contributed by atoms with Crippen molar-refractivity contribution in [1.29, 1.82) is 5.26 Å². The fourth-order valence-corrected chi connectivity index (χ4v) is 1.77. The van der Waals surface area contributed by atoms with Crippen LogP contribution in [-0.2, 0) is 12.2 Å². The zero-order valence-electron chi connectivity index (χ0n) is 9.04. The molecule has 0 N–H and O–H groups in total. The van der Waals surface area contributed by atoms with Gasteiger partial charge in [-0.25, -0.2) is 0 Å². The molecule has 0 spiro atoms. The van der Waals surface area contributed by atoms with Gasteiger partial charge in [-0.3, -0.25) is 4.98 Å². The Morgan fingerprint density at radius 3 is 2.94 bits per heavy atom. The smallest absolute Gasteiger partial charge is 0.236 e. The van der Waals surface area contributed by atoms with Gasteiger partial charge in [0.25, 0.3) is 0 Å². The third-order valence-electron chi connectivity index (χ3n) is 2.01. The lowest BCUT2D eigenvalue weighted by atomic mass is 10.2. The molecular weight excluding hydrogens is 236 g/mol. The molecule has 2 rings (SSSR count). The van der Waals surface area contributed by atoms with Crippen molar-refractivity contribution in [3.63, 3.8) is 0 Å². The summed E-state index contributed by atoms with van der Waals surface area (Å²) in [6.07, 6.45) is 4.10. The maximum absolute atomic E-state index is 8.40. The van der Waals surface area contributed by atoms with E-state index in [1.807, 2.05) is 12.1 Å². The quantitative estimate of drug-likeness (QED) is 0.749. The second-order valence-corrected chi connectivity index (χ2v) is 4.27. The number of nitriles is 1. The molecule has 0 bridgehead atoms. The molecule has 0 saturated carbocycles. The minimum atomic E-state index is 0.433. The van der Waals surface area contributed by atoms with Crippen molar-refractivity contribution >= 4 is 11.8 Å². The van der Waals surface area contributed by atoms with Gasteiger partial charge in [0, 0.05) is 18.8 Å². The van der Waals surface area contributed by atoms with Crippen LogP contribution in [0.5, 0.6) is 0 Å². The van der Waals surface area contributed by atoms with Gasteiger partial charge in [0.2, 0.25) is 5.89 Å². The van der Waals surface area contributed by atoms with Crippen LogP contribution in [-0.4, -0.2) is 20.9 Å². The minimum absolute atomic E-state index is 0.433. The molecule has 0 aliphatic rings. The Labute approximate surface area is 103 Å². The van der Waals surface area contributed by atoms with Gasteiger partial charge < -0.3 is 4.52 Å². The van der Waals surface area contributed by atoms with Gasteiger partial charge in [0.15, 0.2) is 5.82 Å². The van der Waals surface area contributed by atoms with Gasteiger partial charge in [-0.2, -0.15) is 10.2 Å². The predicted molar refractivity (Wildman–Crippen MR) is 63.1 cm³/mol. The molecule has 17 heavy (non-hydrogen) atoms. The average molecular weight is 246 g/mol. The Hall–Kier alpha value is -1.87. The van der Waals surface area contributed by atoms with Crippen LogP contribution in [0.3, 0.4) is 0 Å². The molecule has 0 amide bonds. The molecule has 0 unspecified atom stereocenters. The van der Waals surface area contributed by atoms with Crippen LogP contribution >= 0.6 is 11.8 Å². The number of pyridine rings is 1. The number of rotatable bonds is 5. The molecular formula is C11H10N4OS. The van der Waals surface area contributed by atoms with Crippen molar-refractivity contribution in [3.8, 4) is 6.07 Å². The molecule has 0 atom stereocenters. The second kappa shape index (κ2) is 6.01. The largest absolute Gasteiger partial charge is 0.338 e. The predicted octanol–water partition coefficient (Wildman–Crippen LogP) is 1.81. The molecule has 0 aliphatic heterocycles. The highest BCUT2D eigenvalue weighted by Gasteiger charge is 2.06. The van der Waals surface area contributed by atoms with Crippen LogP contribution in [0.25, 0.3) is 0 Å². The van der Waals surface area contributed by atoms with E-state index < -0.39 is 0 Å². The highest BCUT2D eigenvalue weighted by molar-refractivity contribution is 7.98. The maximum atomic E-state index is 8.40. The zero-order valence-corrected chi connectivity index (χ0v) is 9.85. The summed E-state index contributed by atoms with van der Waals surface area (Å²) in [5, 5.41) is 12.3. The fraction of sp³-hybridized carbons (Fsp3) is 0.273. The highest BCUT2D eigenvalue weighted by atomic mass is 32.2. The van der Waals surface area contributed by atoms with E-state index in [1.165, 1.54) is 11.8 Å². The van der Waals surface area contributed by atoms with Gasteiger partial charge in [-0.15, -0.1) is 11.8 Å². The fourth-order valence-electron chi connectivity index (χ4n) is 1.29. The molecule has 6 heteroatoms.